The molecule has 5 nitrogen and oxygen atoms in total. The van der Waals surface area contributed by atoms with Crippen molar-refractivity contribution in [3.63, 3.8) is 0 Å². The highest BCUT2D eigenvalue weighted by molar-refractivity contribution is 6.44. The van der Waals surface area contributed by atoms with Gasteiger partial charge in [0.2, 0.25) is 0 Å². The van der Waals surface area contributed by atoms with Gasteiger partial charge in [-0.15, -0.1) is 0 Å². The molecule has 0 radical (unpaired) electrons. The van der Waals surface area contributed by atoms with E-state index >= 15 is 0 Å². The van der Waals surface area contributed by atoms with Gasteiger partial charge in [0.1, 0.15) is 0 Å². The van der Waals surface area contributed by atoms with E-state index in [4.69, 9.17) is 0 Å². The first-order chi connectivity index (χ1) is 12.2. The van der Waals surface area contributed by atoms with Crippen LogP contribution in [0.2, 0.25) is 0 Å². The van der Waals surface area contributed by atoms with Crippen LogP contribution in [0.4, 0.5) is 11.4 Å². The lowest BCUT2D eigenvalue weighted by molar-refractivity contribution is -0.121. The van der Waals surface area contributed by atoms with E-state index in [1.807, 2.05) is 18.2 Å². The molecule has 2 amide bonds. The summed E-state index contributed by atoms with van der Waals surface area (Å²) in [6.45, 7) is 2.06. The number of amides is 2. The fourth-order valence-corrected chi connectivity index (χ4v) is 3.41. The van der Waals surface area contributed by atoms with E-state index in [0.717, 1.165) is 23.7 Å². The standard InChI is InChI=1S/C20H18N2O3/c23-18-17(14-6-2-1-3-7-14)19(24)22(20(18)25)16-10-8-15(9-11-16)21-12-4-5-13-21/h1-3,6-11,23H,4-5,12-13H2. The molecule has 0 aliphatic carbocycles. The number of hydrogen-bond acceptors (Lipinski definition) is 4. The Morgan fingerprint density at radius 2 is 1.36 bits per heavy atom. The summed E-state index contributed by atoms with van der Waals surface area (Å²) in [7, 11) is 0. The Bertz CT molecular complexity index is 850. The summed E-state index contributed by atoms with van der Waals surface area (Å²) in [6.07, 6.45) is 2.37. The molecule has 2 aromatic rings. The Morgan fingerprint density at radius 1 is 0.760 bits per heavy atom. The van der Waals surface area contributed by atoms with Crippen LogP contribution in [-0.2, 0) is 9.59 Å². The fraction of sp³-hybridized carbons (Fsp3) is 0.200. The van der Waals surface area contributed by atoms with Gasteiger partial charge in [-0.2, -0.15) is 0 Å². The van der Waals surface area contributed by atoms with E-state index < -0.39 is 17.6 Å². The molecule has 4 rings (SSSR count). The summed E-state index contributed by atoms with van der Waals surface area (Å²) in [4.78, 5) is 28.5. The van der Waals surface area contributed by atoms with Crippen molar-refractivity contribution in [2.24, 2.45) is 0 Å². The number of hydrogen-bond donors (Lipinski definition) is 1. The first-order valence-corrected chi connectivity index (χ1v) is 8.39. The predicted molar refractivity (Wildman–Crippen MR) is 96.4 cm³/mol. The van der Waals surface area contributed by atoms with Gasteiger partial charge in [0.05, 0.1) is 11.3 Å². The number of carbonyl (C=O) groups is 2. The van der Waals surface area contributed by atoms with E-state index in [9.17, 15) is 14.7 Å². The zero-order chi connectivity index (χ0) is 17.4. The Hall–Kier alpha value is -3.08. The third-order valence-corrected chi connectivity index (χ3v) is 4.70. The van der Waals surface area contributed by atoms with E-state index in [-0.39, 0.29) is 5.57 Å². The Labute approximate surface area is 145 Å². The summed E-state index contributed by atoms with van der Waals surface area (Å²) in [6, 6.07) is 16.1. The second-order valence-corrected chi connectivity index (χ2v) is 6.25. The summed E-state index contributed by atoms with van der Waals surface area (Å²) < 4.78 is 0. The Balaban J connectivity index is 1.64. The van der Waals surface area contributed by atoms with Crippen LogP contribution in [0, 0.1) is 0 Å². The Kier molecular flexibility index (Phi) is 3.76. The van der Waals surface area contributed by atoms with Gasteiger partial charge in [0.25, 0.3) is 5.91 Å². The van der Waals surface area contributed by atoms with Crippen LogP contribution in [0.15, 0.2) is 60.4 Å². The van der Waals surface area contributed by atoms with Gasteiger partial charge in [0.15, 0.2) is 5.76 Å². The molecule has 0 aromatic heterocycles. The molecule has 0 unspecified atom stereocenters. The minimum atomic E-state index is -0.683. The molecule has 2 aromatic carbocycles. The van der Waals surface area contributed by atoms with Crippen molar-refractivity contribution in [3.8, 4) is 0 Å². The van der Waals surface area contributed by atoms with Crippen molar-refractivity contribution in [1.82, 2.24) is 0 Å². The maximum atomic E-state index is 12.7. The average Bonchev–Trinajstić information content (AvgIpc) is 3.24. The van der Waals surface area contributed by atoms with Crippen LogP contribution in [0.1, 0.15) is 18.4 Å². The SMILES string of the molecule is O=C1C(O)=C(c2ccccc2)C(=O)N1c1ccc(N2CCCC2)cc1. The minimum absolute atomic E-state index is 0.0502. The summed E-state index contributed by atoms with van der Waals surface area (Å²) in [5, 5.41) is 10.2. The molecule has 0 spiro atoms. The quantitative estimate of drug-likeness (QED) is 0.876. The normalized spacial score (nSPS) is 17.8. The molecule has 0 saturated carbocycles. The second kappa shape index (κ2) is 6.09. The molecule has 0 atom stereocenters. The highest BCUT2D eigenvalue weighted by Crippen LogP contribution is 2.33. The summed E-state index contributed by atoms with van der Waals surface area (Å²) >= 11 is 0. The zero-order valence-electron chi connectivity index (χ0n) is 13.7. The first-order valence-electron chi connectivity index (χ1n) is 8.39. The fourth-order valence-electron chi connectivity index (χ4n) is 3.41. The van der Waals surface area contributed by atoms with Gasteiger partial charge >= 0.3 is 5.91 Å². The van der Waals surface area contributed by atoms with Gasteiger partial charge in [-0.25, -0.2) is 4.90 Å². The number of aliphatic hydroxyl groups is 1. The molecule has 126 valence electrons. The van der Waals surface area contributed by atoms with E-state index in [2.05, 4.69) is 4.90 Å². The number of anilines is 2. The van der Waals surface area contributed by atoms with Crippen molar-refractivity contribution in [2.45, 2.75) is 12.8 Å². The van der Waals surface area contributed by atoms with Crippen LogP contribution < -0.4 is 9.80 Å². The molecule has 5 heteroatoms. The number of aliphatic hydroxyl groups excluding tert-OH is 1. The van der Waals surface area contributed by atoms with Crippen molar-refractivity contribution < 1.29 is 14.7 Å². The summed E-state index contributed by atoms with van der Waals surface area (Å²) in [5.41, 5.74) is 2.14. The van der Waals surface area contributed by atoms with Crippen LogP contribution in [-0.4, -0.2) is 30.0 Å². The van der Waals surface area contributed by atoms with Crippen LogP contribution in [0.5, 0.6) is 0 Å². The van der Waals surface area contributed by atoms with E-state index in [0.29, 0.717) is 11.3 Å². The van der Waals surface area contributed by atoms with Crippen LogP contribution in [0.25, 0.3) is 5.57 Å². The number of imide groups is 1. The van der Waals surface area contributed by atoms with Gasteiger partial charge in [-0.3, -0.25) is 9.59 Å². The number of rotatable bonds is 3. The largest absolute Gasteiger partial charge is 0.502 e. The van der Waals surface area contributed by atoms with Crippen molar-refractivity contribution in [1.29, 1.82) is 0 Å². The molecule has 0 bridgehead atoms. The number of nitrogens with zero attached hydrogens (tertiary/aromatic N) is 2. The second-order valence-electron chi connectivity index (χ2n) is 6.25. The van der Waals surface area contributed by atoms with Crippen molar-refractivity contribution >= 4 is 28.8 Å². The Morgan fingerprint density at radius 3 is 2.00 bits per heavy atom. The third kappa shape index (κ3) is 2.58. The third-order valence-electron chi connectivity index (χ3n) is 4.70. The lowest BCUT2D eigenvalue weighted by Gasteiger charge is -2.19. The highest BCUT2D eigenvalue weighted by Gasteiger charge is 2.40. The molecule has 1 saturated heterocycles. The van der Waals surface area contributed by atoms with Gasteiger partial charge in [-0.05, 0) is 42.7 Å². The minimum Gasteiger partial charge on any atom is -0.502 e. The monoisotopic (exact) mass is 334 g/mol. The summed E-state index contributed by atoms with van der Waals surface area (Å²) in [5.74, 6) is -1.68. The van der Waals surface area contributed by atoms with Crippen molar-refractivity contribution in [2.75, 3.05) is 22.9 Å². The molecule has 2 aliphatic rings. The topological polar surface area (TPSA) is 60.9 Å². The average molecular weight is 334 g/mol. The molecule has 1 N–H and O–H groups in total. The van der Waals surface area contributed by atoms with Gasteiger partial charge in [0, 0.05) is 18.8 Å². The van der Waals surface area contributed by atoms with Crippen LogP contribution in [0.3, 0.4) is 0 Å². The molecule has 25 heavy (non-hydrogen) atoms. The lowest BCUT2D eigenvalue weighted by Crippen LogP contribution is -2.31. The maximum absolute atomic E-state index is 12.7. The zero-order valence-corrected chi connectivity index (χ0v) is 13.7. The smallest absolute Gasteiger partial charge is 0.301 e. The molecule has 2 heterocycles. The number of carbonyl (C=O) groups excluding carboxylic acids is 2. The maximum Gasteiger partial charge on any atom is 0.301 e. The van der Waals surface area contributed by atoms with Crippen molar-refractivity contribution in [3.05, 3.63) is 65.9 Å². The molecule has 2 aliphatic heterocycles. The van der Waals surface area contributed by atoms with Gasteiger partial charge in [-0.1, -0.05) is 30.3 Å². The first kappa shape index (κ1) is 15.4. The van der Waals surface area contributed by atoms with Gasteiger partial charge < -0.3 is 10.0 Å². The predicted octanol–water partition coefficient (Wildman–Crippen LogP) is 3.13. The molecule has 1 fully saturated rings. The molecular weight excluding hydrogens is 316 g/mol. The lowest BCUT2D eigenvalue weighted by atomic mass is 10.1. The van der Waals surface area contributed by atoms with Crippen LogP contribution >= 0.6 is 0 Å². The van der Waals surface area contributed by atoms with E-state index in [1.54, 1.807) is 36.4 Å². The number of benzene rings is 2. The molecular formula is C20H18N2O3. The van der Waals surface area contributed by atoms with E-state index in [1.165, 1.54) is 12.8 Å². The highest BCUT2D eigenvalue weighted by atomic mass is 16.3.